The van der Waals surface area contributed by atoms with Crippen LogP contribution in [0.25, 0.3) is 0 Å². The van der Waals surface area contributed by atoms with Crippen LogP contribution in [0.5, 0.6) is 11.5 Å². The summed E-state index contributed by atoms with van der Waals surface area (Å²) in [6.07, 6.45) is -0.659. The van der Waals surface area contributed by atoms with E-state index in [1.54, 1.807) is 48.5 Å². The molecule has 6 nitrogen and oxygen atoms in total. The van der Waals surface area contributed by atoms with E-state index in [1.165, 1.54) is 0 Å². The van der Waals surface area contributed by atoms with Crippen LogP contribution in [0.1, 0.15) is 52.5 Å². The number of alkyl halides is 3. The number of anilines is 4. The van der Waals surface area contributed by atoms with E-state index in [2.05, 4.69) is 27.5 Å². The first-order valence-corrected chi connectivity index (χ1v) is 11.5. The Morgan fingerprint density at radius 1 is 0.886 bits per heavy atom. The van der Waals surface area contributed by atoms with Crippen LogP contribution >= 0.6 is 0 Å². The predicted octanol–water partition coefficient (Wildman–Crippen LogP) is 7.73. The Balaban J connectivity index is 1.78. The monoisotopic (exact) mass is 488 g/mol. The summed E-state index contributed by atoms with van der Waals surface area (Å²) in [7, 11) is 0. The summed E-state index contributed by atoms with van der Waals surface area (Å²) in [6, 6.07) is 13.8. The van der Waals surface area contributed by atoms with E-state index in [1.807, 2.05) is 20.8 Å². The van der Waals surface area contributed by atoms with Gasteiger partial charge in [-0.25, -0.2) is 4.98 Å². The molecule has 35 heavy (non-hydrogen) atoms. The fraction of sp³-hybridized carbons (Fsp3) is 0.385. The Bertz CT molecular complexity index is 1100. The molecule has 2 N–H and O–H groups in total. The van der Waals surface area contributed by atoms with Gasteiger partial charge in [-0.2, -0.15) is 18.2 Å². The lowest BCUT2D eigenvalue weighted by atomic mass is 10.2. The van der Waals surface area contributed by atoms with Crippen LogP contribution in [-0.4, -0.2) is 22.2 Å². The number of halogens is 3. The molecule has 0 atom stereocenters. The smallest absolute Gasteiger partial charge is 0.421 e. The molecule has 188 valence electrons. The molecule has 0 radical (unpaired) electrons. The van der Waals surface area contributed by atoms with Gasteiger partial charge in [0.25, 0.3) is 0 Å². The van der Waals surface area contributed by atoms with Gasteiger partial charge in [0.15, 0.2) is 0 Å². The Morgan fingerprint density at radius 3 is 2.29 bits per heavy atom. The summed E-state index contributed by atoms with van der Waals surface area (Å²) < 4.78 is 52.4. The molecule has 0 spiro atoms. The first-order valence-electron chi connectivity index (χ1n) is 11.5. The zero-order valence-electron chi connectivity index (χ0n) is 20.4. The van der Waals surface area contributed by atoms with Gasteiger partial charge in [0, 0.05) is 23.6 Å². The van der Waals surface area contributed by atoms with Crippen molar-refractivity contribution in [2.45, 2.75) is 58.7 Å². The largest absolute Gasteiger partial charge is 0.494 e. The van der Waals surface area contributed by atoms with Crippen molar-refractivity contribution in [3.63, 3.8) is 0 Å². The zero-order chi connectivity index (χ0) is 25.5. The lowest BCUT2D eigenvalue weighted by molar-refractivity contribution is -0.137. The van der Waals surface area contributed by atoms with E-state index in [9.17, 15) is 13.2 Å². The fourth-order valence-corrected chi connectivity index (χ4v) is 3.18. The minimum absolute atomic E-state index is 0.0270. The van der Waals surface area contributed by atoms with E-state index >= 15 is 0 Å². The van der Waals surface area contributed by atoms with Gasteiger partial charge in [-0.05, 0) is 63.6 Å². The Morgan fingerprint density at radius 2 is 1.63 bits per heavy atom. The van der Waals surface area contributed by atoms with Gasteiger partial charge < -0.3 is 20.1 Å². The Hall–Kier alpha value is -3.49. The highest BCUT2D eigenvalue weighted by Crippen LogP contribution is 2.36. The average Bonchev–Trinajstić information content (AvgIpc) is 2.76. The maximum atomic E-state index is 13.6. The molecule has 9 heteroatoms. The molecule has 0 saturated carbocycles. The molecule has 0 aliphatic rings. The number of aromatic nitrogens is 2. The SMILES string of the molecule is CCCCCOc1ccc(Nc2ncc(C(F)(F)F)c(Nc3cccc(OC(C)(C)C)c3)n2)cc1. The van der Waals surface area contributed by atoms with Crippen molar-refractivity contribution in [2.75, 3.05) is 17.2 Å². The summed E-state index contributed by atoms with van der Waals surface area (Å²) in [6.45, 7) is 8.44. The first-order chi connectivity index (χ1) is 16.5. The second kappa shape index (κ2) is 11.3. The van der Waals surface area contributed by atoms with Gasteiger partial charge in [-0.1, -0.05) is 25.8 Å². The van der Waals surface area contributed by atoms with Crippen molar-refractivity contribution in [3.8, 4) is 11.5 Å². The normalized spacial score (nSPS) is 11.7. The molecule has 1 aromatic heterocycles. The third kappa shape index (κ3) is 8.35. The van der Waals surface area contributed by atoms with Gasteiger partial charge in [0.2, 0.25) is 5.95 Å². The Labute approximate surface area is 203 Å². The minimum atomic E-state index is -4.63. The third-order valence-electron chi connectivity index (χ3n) is 4.74. The number of hydrogen-bond donors (Lipinski definition) is 2. The maximum absolute atomic E-state index is 13.6. The molecule has 3 rings (SSSR count). The maximum Gasteiger partial charge on any atom is 0.421 e. The van der Waals surface area contributed by atoms with Crippen molar-refractivity contribution in [1.82, 2.24) is 9.97 Å². The van der Waals surface area contributed by atoms with Gasteiger partial charge in [-0.3, -0.25) is 0 Å². The number of benzene rings is 2. The van der Waals surface area contributed by atoms with Gasteiger partial charge in [0.05, 0.1) is 6.61 Å². The predicted molar refractivity (Wildman–Crippen MR) is 132 cm³/mol. The molecule has 3 aromatic rings. The zero-order valence-corrected chi connectivity index (χ0v) is 20.4. The highest BCUT2D eigenvalue weighted by molar-refractivity contribution is 5.64. The number of unbranched alkanes of at least 4 members (excludes halogenated alkanes) is 2. The summed E-state index contributed by atoms with van der Waals surface area (Å²) in [5, 5.41) is 5.71. The second-order valence-corrected chi connectivity index (χ2v) is 9.03. The quantitative estimate of drug-likeness (QED) is 0.285. The molecule has 0 bridgehead atoms. The number of nitrogens with zero attached hydrogens (tertiary/aromatic N) is 2. The second-order valence-electron chi connectivity index (χ2n) is 9.03. The van der Waals surface area contributed by atoms with Crippen molar-refractivity contribution in [3.05, 3.63) is 60.3 Å². The van der Waals surface area contributed by atoms with E-state index in [4.69, 9.17) is 9.47 Å². The number of hydrogen-bond acceptors (Lipinski definition) is 6. The minimum Gasteiger partial charge on any atom is -0.494 e. The van der Waals surface area contributed by atoms with E-state index < -0.39 is 17.3 Å². The number of nitrogens with one attached hydrogen (secondary N) is 2. The molecule has 0 fully saturated rings. The van der Waals surface area contributed by atoms with E-state index in [-0.39, 0.29) is 11.8 Å². The van der Waals surface area contributed by atoms with Crippen LogP contribution in [0.2, 0.25) is 0 Å². The molecule has 0 aliphatic carbocycles. The van der Waals surface area contributed by atoms with Crippen LogP contribution in [0.3, 0.4) is 0 Å². The van der Waals surface area contributed by atoms with E-state index in [0.717, 1.165) is 31.2 Å². The van der Waals surface area contributed by atoms with Crippen LogP contribution < -0.4 is 20.1 Å². The van der Waals surface area contributed by atoms with Crippen molar-refractivity contribution in [2.24, 2.45) is 0 Å². The molecular weight excluding hydrogens is 457 g/mol. The fourth-order valence-electron chi connectivity index (χ4n) is 3.18. The number of ether oxygens (including phenoxy) is 2. The van der Waals surface area contributed by atoms with Gasteiger partial charge >= 0.3 is 6.18 Å². The number of rotatable bonds is 10. The summed E-state index contributed by atoms with van der Waals surface area (Å²) in [5.74, 6) is 0.915. The molecular formula is C26H31F3N4O2. The molecule has 0 saturated heterocycles. The molecule has 2 aromatic carbocycles. The third-order valence-corrected chi connectivity index (χ3v) is 4.74. The molecule has 0 unspecified atom stereocenters. The topological polar surface area (TPSA) is 68.3 Å². The Kier molecular flexibility index (Phi) is 8.43. The lowest BCUT2D eigenvalue weighted by Crippen LogP contribution is -2.22. The lowest BCUT2D eigenvalue weighted by Gasteiger charge is -2.22. The molecule has 0 aliphatic heterocycles. The first kappa shape index (κ1) is 26.1. The highest BCUT2D eigenvalue weighted by Gasteiger charge is 2.35. The van der Waals surface area contributed by atoms with Crippen molar-refractivity contribution < 1.29 is 22.6 Å². The van der Waals surface area contributed by atoms with Crippen LogP contribution in [0.15, 0.2) is 54.7 Å². The van der Waals surface area contributed by atoms with Gasteiger partial charge in [-0.15, -0.1) is 0 Å². The summed E-state index contributed by atoms with van der Waals surface area (Å²) >= 11 is 0. The van der Waals surface area contributed by atoms with Crippen LogP contribution in [-0.2, 0) is 6.18 Å². The summed E-state index contributed by atoms with van der Waals surface area (Å²) in [4.78, 5) is 7.96. The van der Waals surface area contributed by atoms with E-state index in [0.29, 0.717) is 23.7 Å². The summed E-state index contributed by atoms with van der Waals surface area (Å²) in [5.41, 5.74) is -0.387. The van der Waals surface area contributed by atoms with Crippen molar-refractivity contribution >= 4 is 23.1 Å². The van der Waals surface area contributed by atoms with Gasteiger partial charge in [0.1, 0.15) is 28.5 Å². The van der Waals surface area contributed by atoms with Crippen molar-refractivity contribution in [1.29, 1.82) is 0 Å². The van der Waals surface area contributed by atoms with Crippen LogP contribution in [0, 0.1) is 0 Å². The highest BCUT2D eigenvalue weighted by atomic mass is 19.4. The molecule has 0 amide bonds. The standard InChI is InChI=1S/C26H31F3N4O2/c1-5-6-7-15-34-20-13-11-18(12-14-20)32-24-30-17-22(26(27,28)29)23(33-24)31-19-9-8-10-21(16-19)35-25(2,3)4/h8-14,16-17H,5-7,15H2,1-4H3,(H2,30,31,32,33). The van der Waals surface area contributed by atoms with Crippen LogP contribution in [0.4, 0.5) is 36.3 Å². The average molecular weight is 489 g/mol. The molecule has 1 heterocycles.